The van der Waals surface area contributed by atoms with Crippen LogP contribution in [0, 0.1) is 11.3 Å². The van der Waals surface area contributed by atoms with Crippen LogP contribution in [-0.2, 0) is 14.8 Å². The highest BCUT2D eigenvalue weighted by Crippen LogP contribution is 2.32. The van der Waals surface area contributed by atoms with Crippen LogP contribution in [0.5, 0.6) is 0 Å². The van der Waals surface area contributed by atoms with Gasteiger partial charge in [0.05, 0.1) is 23.1 Å². The van der Waals surface area contributed by atoms with Crippen molar-refractivity contribution in [3.63, 3.8) is 0 Å². The molecule has 2 aromatic carbocycles. The summed E-state index contributed by atoms with van der Waals surface area (Å²) in [4.78, 5) is 14.2. The molecule has 6 nitrogen and oxygen atoms in total. The van der Waals surface area contributed by atoms with Crippen LogP contribution in [0.2, 0.25) is 0 Å². The number of rotatable bonds is 6. The maximum atomic E-state index is 13.0. The smallest absolute Gasteiger partial charge is 0.243 e. The van der Waals surface area contributed by atoms with Crippen molar-refractivity contribution in [1.29, 1.82) is 5.26 Å². The molecule has 1 aliphatic rings. The van der Waals surface area contributed by atoms with E-state index >= 15 is 0 Å². The van der Waals surface area contributed by atoms with E-state index in [1.165, 1.54) is 33.5 Å². The summed E-state index contributed by atoms with van der Waals surface area (Å²) < 4.78 is 27.2. The van der Waals surface area contributed by atoms with E-state index in [0.29, 0.717) is 11.3 Å². The molecule has 26 heavy (non-hydrogen) atoms. The van der Waals surface area contributed by atoms with Crippen molar-refractivity contribution in [3.05, 3.63) is 60.2 Å². The molecule has 2 aromatic rings. The fraction of sp³-hybridized carbons (Fsp3) is 0.263. The van der Waals surface area contributed by atoms with Gasteiger partial charge in [0.15, 0.2) is 0 Å². The number of para-hydroxylation sites is 1. The molecule has 0 aliphatic heterocycles. The summed E-state index contributed by atoms with van der Waals surface area (Å²) in [7, 11) is -2.16. The molecule has 0 unspecified atom stereocenters. The van der Waals surface area contributed by atoms with Crippen molar-refractivity contribution in [3.8, 4) is 6.07 Å². The number of nitrogens with zero attached hydrogens (tertiary/aromatic N) is 3. The average molecular weight is 369 g/mol. The Bertz CT molecular complexity index is 930. The van der Waals surface area contributed by atoms with Gasteiger partial charge in [-0.3, -0.25) is 4.79 Å². The maximum Gasteiger partial charge on any atom is 0.243 e. The number of amides is 1. The fourth-order valence-corrected chi connectivity index (χ4v) is 4.28. The normalized spacial score (nSPS) is 14.0. The molecule has 1 saturated carbocycles. The summed E-state index contributed by atoms with van der Waals surface area (Å²) in [5, 5.41) is 8.87. The van der Waals surface area contributed by atoms with Gasteiger partial charge in [-0.25, -0.2) is 8.42 Å². The summed E-state index contributed by atoms with van der Waals surface area (Å²) in [5.74, 6) is -0.291. The first-order valence-electron chi connectivity index (χ1n) is 8.27. The highest BCUT2D eigenvalue weighted by atomic mass is 32.2. The second kappa shape index (κ2) is 7.28. The van der Waals surface area contributed by atoms with Crippen molar-refractivity contribution in [2.45, 2.75) is 23.8 Å². The Morgan fingerprint density at radius 1 is 1.12 bits per heavy atom. The first-order chi connectivity index (χ1) is 12.4. The summed E-state index contributed by atoms with van der Waals surface area (Å²) in [6.07, 6.45) is 1.50. The molecule has 0 atom stereocenters. The van der Waals surface area contributed by atoms with Gasteiger partial charge in [-0.05, 0) is 49.2 Å². The Morgan fingerprint density at radius 3 is 2.27 bits per heavy atom. The van der Waals surface area contributed by atoms with Crippen LogP contribution in [0.3, 0.4) is 0 Å². The van der Waals surface area contributed by atoms with E-state index in [9.17, 15) is 13.2 Å². The second-order valence-corrected chi connectivity index (χ2v) is 8.10. The lowest BCUT2D eigenvalue weighted by Gasteiger charge is -2.25. The molecule has 0 bridgehead atoms. The highest BCUT2D eigenvalue weighted by Gasteiger charge is 2.39. The monoisotopic (exact) mass is 369 g/mol. The van der Waals surface area contributed by atoms with E-state index < -0.39 is 10.0 Å². The SMILES string of the molecule is CN(C(=O)CN(C1CC1)S(=O)(=O)c1ccc(C#N)cc1)c1ccccc1. The number of anilines is 1. The van der Waals surface area contributed by atoms with Crippen molar-refractivity contribution in [2.24, 2.45) is 0 Å². The topological polar surface area (TPSA) is 81.5 Å². The molecule has 1 amide bonds. The zero-order chi connectivity index (χ0) is 18.7. The van der Waals surface area contributed by atoms with Gasteiger partial charge in [0.1, 0.15) is 0 Å². The van der Waals surface area contributed by atoms with Gasteiger partial charge in [0.25, 0.3) is 0 Å². The number of benzene rings is 2. The first kappa shape index (κ1) is 18.1. The molecule has 1 fully saturated rings. The number of hydrogen-bond donors (Lipinski definition) is 0. The quantitative estimate of drug-likeness (QED) is 0.783. The van der Waals surface area contributed by atoms with Crippen LogP contribution < -0.4 is 4.90 Å². The minimum absolute atomic E-state index is 0.0959. The number of likely N-dealkylation sites (N-methyl/N-ethyl adjacent to an activating group) is 1. The predicted molar refractivity (Wildman–Crippen MR) is 97.9 cm³/mol. The summed E-state index contributed by atoms with van der Waals surface area (Å²) in [5.41, 5.74) is 1.10. The van der Waals surface area contributed by atoms with E-state index in [2.05, 4.69) is 0 Å². The van der Waals surface area contributed by atoms with E-state index in [1.807, 2.05) is 24.3 Å². The number of sulfonamides is 1. The third kappa shape index (κ3) is 3.77. The summed E-state index contributed by atoms with van der Waals surface area (Å²) >= 11 is 0. The van der Waals surface area contributed by atoms with E-state index in [-0.39, 0.29) is 23.4 Å². The van der Waals surface area contributed by atoms with Crippen molar-refractivity contribution in [2.75, 3.05) is 18.5 Å². The molecule has 1 aliphatic carbocycles. The summed E-state index contributed by atoms with van der Waals surface area (Å²) in [6, 6.07) is 16.7. The third-order valence-electron chi connectivity index (χ3n) is 4.35. The number of carbonyl (C=O) groups excluding carboxylic acids is 1. The lowest BCUT2D eigenvalue weighted by atomic mass is 10.2. The van der Waals surface area contributed by atoms with E-state index in [4.69, 9.17) is 5.26 Å². The Labute approximate surface area is 153 Å². The van der Waals surface area contributed by atoms with Crippen molar-refractivity contribution < 1.29 is 13.2 Å². The Kier molecular flexibility index (Phi) is 5.07. The maximum absolute atomic E-state index is 13.0. The standard InChI is InChI=1S/C19H19N3O3S/c1-21(16-5-3-2-4-6-16)19(23)14-22(17-9-10-17)26(24,25)18-11-7-15(13-20)8-12-18/h2-8,11-12,17H,9-10,14H2,1H3. The minimum Gasteiger partial charge on any atom is -0.314 e. The Hall–Kier alpha value is -2.69. The minimum atomic E-state index is -3.80. The molecule has 0 radical (unpaired) electrons. The molecule has 0 N–H and O–H groups in total. The van der Waals surface area contributed by atoms with Crippen LogP contribution >= 0.6 is 0 Å². The van der Waals surface area contributed by atoms with Gasteiger partial charge in [-0.2, -0.15) is 9.57 Å². The Balaban J connectivity index is 1.82. The second-order valence-electron chi connectivity index (χ2n) is 6.21. The van der Waals surface area contributed by atoms with Crippen LogP contribution in [0.15, 0.2) is 59.5 Å². The number of nitriles is 1. The lowest BCUT2D eigenvalue weighted by molar-refractivity contribution is -0.118. The van der Waals surface area contributed by atoms with Crippen LogP contribution in [0.4, 0.5) is 5.69 Å². The molecule has 0 aromatic heterocycles. The molecular formula is C19H19N3O3S. The first-order valence-corrected chi connectivity index (χ1v) is 9.71. The largest absolute Gasteiger partial charge is 0.314 e. The predicted octanol–water partition coefficient (Wildman–Crippen LogP) is 2.37. The van der Waals surface area contributed by atoms with Gasteiger partial charge in [0.2, 0.25) is 15.9 Å². The van der Waals surface area contributed by atoms with Gasteiger partial charge >= 0.3 is 0 Å². The highest BCUT2D eigenvalue weighted by molar-refractivity contribution is 7.89. The zero-order valence-corrected chi connectivity index (χ0v) is 15.2. The van der Waals surface area contributed by atoms with Gasteiger partial charge < -0.3 is 4.90 Å². The molecule has 0 spiro atoms. The fourth-order valence-electron chi connectivity index (χ4n) is 2.64. The van der Waals surface area contributed by atoms with E-state index in [1.54, 1.807) is 19.2 Å². The van der Waals surface area contributed by atoms with E-state index in [0.717, 1.165) is 12.8 Å². The summed E-state index contributed by atoms with van der Waals surface area (Å²) in [6.45, 7) is -0.210. The van der Waals surface area contributed by atoms with Crippen molar-refractivity contribution in [1.82, 2.24) is 4.31 Å². The molecule has 134 valence electrons. The van der Waals surface area contributed by atoms with Crippen LogP contribution in [0.25, 0.3) is 0 Å². The van der Waals surface area contributed by atoms with Gasteiger partial charge in [-0.15, -0.1) is 0 Å². The molecule has 3 rings (SSSR count). The third-order valence-corrected chi connectivity index (χ3v) is 6.27. The average Bonchev–Trinajstić information content (AvgIpc) is 3.50. The lowest BCUT2D eigenvalue weighted by Crippen LogP contribution is -2.42. The number of carbonyl (C=O) groups is 1. The Morgan fingerprint density at radius 2 is 1.73 bits per heavy atom. The molecular weight excluding hydrogens is 350 g/mol. The van der Waals surface area contributed by atoms with Crippen LogP contribution in [-0.4, -0.2) is 38.3 Å². The number of hydrogen-bond acceptors (Lipinski definition) is 4. The molecule has 0 saturated heterocycles. The van der Waals surface area contributed by atoms with Gasteiger partial charge in [-0.1, -0.05) is 18.2 Å². The molecule has 7 heteroatoms. The van der Waals surface area contributed by atoms with Crippen LogP contribution in [0.1, 0.15) is 18.4 Å². The van der Waals surface area contributed by atoms with Gasteiger partial charge in [0, 0.05) is 18.8 Å². The molecule has 0 heterocycles. The zero-order valence-electron chi connectivity index (χ0n) is 14.4. The van der Waals surface area contributed by atoms with Crippen molar-refractivity contribution >= 4 is 21.6 Å².